The molecular formula is C19H21F3N4O3. The molecule has 5 aliphatic rings. The topological polar surface area (TPSA) is 83.4 Å². The number of rotatable bonds is 0. The Morgan fingerprint density at radius 3 is 2.66 bits per heavy atom. The van der Waals surface area contributed by atoms with Crippen LogP contribution in [0.3, 0.4) is 0 Å². The number of ether oxygens (including phenoxy) is 1. The van der Waals surface area contributed by atoms with Gasteiger partial charge in [-0.2, -0.15) is 18.3 Å². The van der Waals surface area contributed by atoms with E-state index in [4.69, 9.17) is 4.74 Å². The summed E-state index contributed by atoms with van der Waals surface area (Å²) in [6, 6.07) is 0. The lowest BCUT2D eigenvalue weighted by atomic mass is 9.61. The van der Waals surface area contributed by atoms with Gasteiger partial charge >= 0.3 is 12.1 Å². The first-order valence-corrected chi connectivity index (χ1v) is 9.60. The van der Waals surface area contributed by atoms with Crippen molar-refractivity contribution >= 4 is 11.7 Å². The number of amides is 1. The molecule has 5 rings (SSSR count). The molecule has 0 radical (unpaired) electrons. The molecule has 2 fully saturated rings. The molecule has 0 saturated carbocycles. The van der Waals surface area contributed by atoms with Crippen molar-refractivity contribution in [3.05, 3.63) is 22.7 Å². The first kappa shape index (κ1) is 18.8. The van der Waals surface area contributed by atoms with E-state index in [-0.39, 0.29) is 30.9 Å². The van der Waals surface area contributed by atoms with Crippen LogP contribution < -0.4 is 5.32 Å². The SMILES string of the molecule is CC1(C)CC(=O)C2=C(C1)NC1=C(CN=N1)C21COC2(CN(C(=O)C(F)(F)F)C2)C1. The summed E-state index contributed by atoms with van der Waals surface area (Å²) < 4.78 is 44.2. The average Bonchev–Trinajstić information content (AvgIpc) is 3.16. The molecule has 0 aromatic rings. The number of hydrogen-bond donors (Lipinski definition) is 1. The van der Waals surface area contributed by atoms with Crippen LogP contribution in [0.15, 0.2) is 32.9 Å². The number of fused-ring (bicyclic) bond motifs is 2. The number of dihydropyridines is 1. The molecule has 2 spiro atoms. The number of allylic oxidation sites excluding steroid dienone is 1. The maximum atomic E-state index is 13.2. The Hall–Kier alpha value is -2.23. The molecule has 4 aliphatic heterocycles. The Kier molecular flexibility index (Phi) is 3.54. The number of likely N-dealkylation sites (tertiary alicyclic amines) is 1. The molecule has 1 aliphatic carbocycles. The highest BCUT2D eigenvalue weighted by Crippen LogP contribution is 2.58. The Balaban J connectivity index is 1.48. The molecule has 10 heteroatoms. The third kappa shape index (κ3) is 2.60. The number of halogens is 3. The minimum Gasteiger partial charge on any atom is -0.370 e. The van der Waals surface area contributed by atoms with Crippen molar-refractivity contribution in [1.29, 1.82) is 0 Å². The van der Waals surface area contributed by atoms with Crippen LogP contribution in [0, 0.1) is 10.8 Å². The Morgan fingerprint density at radius 1 is 1.24 bits per heavy atom. The lowest BCUT2D eigenvalue weighted by Gasteiger charge is -2.48. The van der Waals surface area contributed by atoms with E-state index < -0.39 is 23.1 Å². The minimum absolute atomic E-state index is 0.0328. The van der Waals surface area contributed by atoms with E-state index in [1.54, 1.807) is 0 Å². The van der Waals surface area contributed by atoms with Crippen molar-refractivity contribution in [2.45, 2.75) is 44.9 Å². The molecule has 2 saturated heterocycles. The Labute approximate surface area is 165 Å². The quantitative estimate of drug-likeness (QED) is 0.665. The standard InChI is InChI=1S/C19H21F3N4O3/c1-16(2)3-11-13(12(27)4-16)18(10-5-23-25-14(10)24-11)6-17(29-9-18)7-26(8-17)15(28)19(20,21)22/h24H,3-9H2,1-2H3. The van der Waals surface area contributed by atoms with Crippen molar-refractivity contribution in [2.24, 2.45) is 21.1 Å². The average molecular weight is 410 g/mol. The molecule has 1 N–H and O–H groups in total. The molecule has 1 unspecified atom stereocenters. The number of nitrogens with one attached hydrogen (secondary N) is 1. The van der Waals surface area contributed by atoms with E-state index in [9.17, 15) is 22.8 Å². The summed E-state index contributed by atoms with van der Waals surface area (Å²) in [5.41, 5.74) is 0.544. The van der Waals surface area contributed by atoms with E-state index in [1.807, 2.05) is 13.8 Å². The normalized spacial score (nSPS) is 31.9. The second kappa shape index (κ2) is 5.47. The van der Waals surface area contributed by atoms with Gasteiger partial charge in [0.25, 0.3) is 0 Å². The predicted molar refractivity (Wildman–Crippen MR) is 93.3 cm³/mol. The summed E-state index contributed by atoms with van der Waals surface area (Å²) in [6.07, 6.45) is -3.46. The molecule has 1 amide bonds. The van der Waals surface area contributed by atoms with Crippen molar-refractivity contribution in [3.63, 3.8) is 0 Å². The van der Waals surface area contributed by atoms with Gasteiger partial charge in [0.2, 0.25) is 0 Å². The van der Waals surface area contributed by atoms with Gasteiger partial charge in [0.05, 0.1) is 31.7 Å². The maximum absolute atomic E-state index is 13.2. The second-order valence-corrected chi connectivity index (χ2v) is 9.54. The molecule has 0 bridgehead atoms. The van der Waals surface area contributed by atoms with E-state index >= 15 is 0 Å². The molecule has 156 valence electrons. The zero-order valence-electron chi connectivity index (χ0n) is 16.2. The van der Waals surface area contributed by atoms with Gasteiger partial charge in [-0.15, -0.1) is 5.11 Å². The fourth-order valence-electron chi connectivity index (χ4n) is 5.53. The number of ketones is 1. The van der Waals surface area contributed by atoms with E-state index in [2.05, 4.69) is 15.5 Å². The van der Waals surface area contributed by atoms with Gasteiger partial charge in [-0.3, -0.25) is 9.59 Å². The van der Waals surface area contributed by atoms with Crippen molar-refractivity contribution in [1.82, 2.24) is 10.2 Å². The number of hydrogen-bond acceptors (Lipinski definition) is 6. The van der Waals surface area contributed by atoms with E-state index in [0.29, 0.717) is 37.2 Å². The van der Waals surface area contributed by atoms with Gasteiger partial charge in [0, 0.05) is 23.3 Å². The summed E-state index contributed by atoms with van der Waals surface area (Å²) in [5.74, 6) is -1.19. The van der Waals surface area contributed by atoms with Crippen LogP contribution >= 0.6 is 0 Å². The molecule has 0 aromatic heterocycles. The zero-order valence-corrected chi connectivity index (χ0v) is 16.2. The third-order valence-corrected chi connectivity index (χ3v) is 6.62. The largest absolute Gasteiger partial charge is 0.471 e. The zero-order chi connectivity index (χ0) is 20.8. The highest BCUT2D eigenvalue weighted by molar-refractivity contribution is 6.00. The lowest BCUT2D eigenvalue weighted by molar-refractivity contribution is -0.204. The van der Waals surface area contributed by atoms with Crippen LogP contribution in [0.5, 0.6) is 0 Å². The molecule has 7 nitrogen and oxygen atoms in total. The van der Waals surface area contributed by atoms with Crippen LogP contribution in [0.1, 0.15) is 33.1 Å². The Bertz CT molecular complexity index is 927. The van der Waals surface area contributed by atoms with Gasteiger partial charge in [0.15, 0.2) is 11.6 Å². The highest BCUT2D eigenvalue weighted by atomic mass is 19.4. The van der Waals surface area contributed by atoms with Crippen molar-refractivity contribution in [3.8, 4) is 0 Å². The maximum Gasteiger partial charge on any atom is 0.471 e. The van der Waals surface area contributed by atoms with Crippen LogP contribution in [0.25, 0.3) is 0 Å². The van der Waals surface area contributed by atoms with E-state index in [0.717, 1.165) is 16.2 Å². The number of alkyl halides is 3. The van der Waals surface area contributed by atoms with Crippen LogP contribution in [0.4, 0.5) is 13.2 Å². The van der Waals surface area contributed by atoms with Gasteiger partial charge in [-0.25, -0.2) is 0 Å². The summed E-state index contributed by atoms with van der Waals surface area (Å²) in [5, 5.41) is 11.6. The number of carbonyl (C=O) groups excluding carboxylic acids is 2. The van der Waals surface area contributed by atoms with E-state index in [1.165, 1.54) is 0 Å². The molecule has 0 aromatic carbocycles. The lowest BCUT2D eigenvalue weighted by Crippen LogP contribution is -2.65. The predicted octanol–water partition coefficient (Wildman–Crippen LogP) is 2.46. The number of nitrogens with zero attached hydrogens (tertiary/aromatic N) is 3. The van der Waals surface area contributed by atoms with Gasteiger partial charge in [-0.1, -0.05) is 13.8 Å². The van der Waals surface area contributed by atoms with Gasteiger partial charge < -0.3 is 15.0 Å². The summed E-state index contributed by atoms with van der Waals surface area (Å²) in [4.78, 5) is 25.4. The number of Topliss-reactive ketones (excluding diaryl/α,β-unsaturated/α-hetero) is 1. The van der Waals surface area contributed by atoms with Crippen molar-refractivity contribution < 1.29 is 27.5 Å². The fraction of sp³-hybridized carbons (Fsp3) is 0.684. The first-order valence-electron chi connectivity index (χ1n) is 9.60. The third-order valence-electron chi connectivity index (χ3n) is 6.62. The second-order valence-electron chi connectivity index (χ2n) is 9.54. The number of carbonyl (C=O) groups is 2. The van der Waals surface area contributed by atoms with Gasteiger partial charge in [-0.05, 0) is 18.3 Å². The highest BCUT2D eigenvalue weighted by Gasteiger charge is 2.64. The molecule has 29 heavy (non-hydrogen) atoms. The van der Waals surface area contributed by atoms with Crippen LogP contribution in [0.2, 0.25) is 0 Å². The van der Waals surface area contributed by atoms with Gasteiger partial charge in [0.1, 0.15) is 5.60 Å². The summed E-state index contributed by atoms with van der Waals surface area (Å²) in [6.45, 7) is 4.34. The monoisotopic (exact) mass is 410 g/mol. The number of azo groups is 1. The smallest absolute Gasteiger partial charge is 0.370 e. The molecule has 1 atom stereocenters. The Morgan fingerprint density at radius 2 is 1.97 bits per heavy atom. The summed E-state index contributed by atoms with van der Waals surface area (Å²) >= 11 is 0. The molecular weight excluding hydrogens is 389 g/mol. The van der Waals surface area contributed by atoms with Crippen molar-refractivity contribution in [2.75, 3.05) is 26.2 Å². The summed E-state index contributed by atoms with van der Waals surface area (Å²) in [7, 11) is 0. The fourth-order valence-corrected chi connectivity index (χ4v) is 5.53. The first-order chi connectivity index (χ1) is 13.4. The van der Waals surface area contributed by atoms with Crippen LogP contribution in [-0.2, 0) is 14.3 Å². The van der Waals surface area contributed by atoms with Crippen LogP contribution in [-0.4, -0.2) is 54.6 Å². The molecule has 4 heterocycles. The minimum atomic E-state index is -4.90.